The summed E-state index contributed by atoms with van der Waals surface area (Å²) in [5, 5.41) is 15.6. The SMILES string of the molecule is Cc1ccc(S(N)(=O)=O)c([N+](=O)[O-])c1C. The van der Waals surface area contributed by atoms with Gasteiger partial charge in [-0.3, -0.25) is 10.1 Å². The molecule has 0 heterocycles. The molecule has 0 saturated heterocycles. The molecule has 0 atom stereocenters. The number of nitro benzene ring substituents is 1. The van der Waals surface area contributed by atoms with Gasteiger partial charge in [-0.25, -0.2) is 13.6 Å². The monoisotopic (exact) mass is 230 g/mol. The maximum absolute atomic E-state index is 11.1. The molecule has 2 N–H and O–H groups in total. The van der Waals surface area contributed by atoms with Crippen LogP contribution in [0.3, 0.4) is 0 Å². The predicted molar refractivity (Wildman–Crippen MR) is 53.9 cm³/mol. The van der Waals surface area contributed by atoms with E-state index >= 15 is 0 Å². The molecule has 1 aromatic rings. The zero-order chi connectivity index (χ0) is 11.8. The van der Waals surface area contributed by atoms with Crippen LogP contribution in [0.2, 0.25) is 0 Å². The van der Waals surface area contributed by atoms with E-state index in [1.807, 2.05) is 0 Å². The Morgan fingerprint density at radius 1 is 1.33 bits per heavy atom. The maximum atomic E-state index is 11.1. The number of nitro groups is 1. The lowest BCUT2D eigenvalue weighted by Gasteiger charge is -2.05. The van der Waals surface area contributed by atoms with Crippen molar-refractivity contribution >= 4 is 15.7 Å². The van der Waals surface area contributed by atoms with Crippen molar-refractivity contribution in [2.45, 2.75) is 18.7 Å². The van der Waals surface area contributed by atoms with Gasteiger partial charge in [-0.2, -0.15) is 0 Å². The van der Waals surface area contributed by atoms with Gasteiger partial charge in [-0.15, -0.1) is 0 Å². The Bertz CT molecular complexity index is 522. The molecule has 15 heavy (non-hydrogen) atoms. The summed E-state index contributed by atoms with van der Waals surface area (Å²) >= 11 is 0. The number of nitrogens with two attached hydrogens (primary N) is 1. The molecule has 0 aliphatic rings. The van der Waals surface area contributed by atoms with E-state index in [0.717, 1.165) is 6.07 Å². The molecule has 0 aliphatic carbocycles. The van der Waals surface area contributed by atoms with E-state index < -0.39 is 25.5 Å². The van der Waals surface area contributed by atoms with Crippen molar-refractivity contribution in [2.75, 3.05) is 0 Å². The van der Waals surface area contributed by atoms with Gasteiger partial charge in [0.15, 0.2) is 4.90 Å². The van der Waals surface area contributed by atoms with Gasteiger partial charge in [0, 0.05) is 5.56 Å². The molecule has 0 saturated carbocycles. The molecule has 1 aromatic carbocycles. The highest BCUT2D eigenvalue weighted by atomic mass is 32.2. The topological polar surface area (TPSA) is 103 Å². The summed E-state index contributed by atoms with van der Waals surface area (Å²) in [4.78, 5) is 9.54. The smallest absolute Gasteiger partial charge is 0.258 e. The van der Waals surface area contributed by atoms with Gasteiger partial charge in [-0.1, -0.05) is 6.07 Å². The minimum absolute atomic E-state index is 0.312. The van der Waals surface area contributed by atoms with Gasteiger partial charge in [0.25, 0.3) is 5.69 Å². The van der Waals surface area contributed by atoms with E-state index in [-0.39, 0.29) is 0 Å². The number of nitrogens with zero attached hydrogens (tertiary/aromatic N) is 1. The number of aryl methyl sites for hydroxylation is 1. The minimum Gasteiger partial charge on any atom is -0.258 e. The lowest BCUT2D eigenvalue weighted by molar-refractivity contribution is -0.388. The lowest BCUT2D eigenvalue weighted by Crippen LogP contribution is -2.15. The first-order chi connectivity index (χ1) is 6.75. The molecular formula is C8H10N2O4S. The molecule has 0 bridgehead atoms. The zero-order valence-electron chi connectivity index (χ0n) is 8.22. The van der Waals surface area contributed by atoms with E-state index in [1.54, 1.807) is 6.92 Å². The molecule has 7 heteroatoms. The highest BCUT2D eigenvalue weighted by molar-refractivity contribution is 7.89. The zero-order valence-corrected chi connectivity index (χ0v) is 9.04. The molecule has 0 amide bonds. The average molecular weight is 230 g/mol. The van der Waals surface area contributed by atoms with Crippen molar-refractivity contribution in [3.8, 4) is 0 Å². The highest BCUT2D eigenvalue weighted by Gasteiger charge is 2.25. The molecule has 0 radical (unpaired) electrons. The molecule has 1 rings (SSSR count). The summed E-state index contributed by atoms with van der Waals surface area (Å²) in [6.45, 7) is 3.15. The molecule has 0 aromatic heterocycles. The minimum atomic E-state index is -4.06. The number of sulfonamides is 1. The fourth-order valence-corrected chi connectivity index (χ4v) is 1.99. The largest absolute Gasteiger partial charge is 0.292 e. The second-order valence-corrected chi connectivity index (χ2v) is 4.69. The van der Waals surface area contributed by atoms with Gasteiger partial charge in [0.2, 0.25) is 10.0 Å². The number of rotatable bonds is 2. The number of benzene rings is 1. The van der Waals surface area contributed by atoms with E-state index in [1.165, 1.54) is 13.0 Å². The third kappa shape index (κ3) is 2.13. The van der Waals surface area contributed by atoms with Crippen LogP contribution in [-0.4, -0.2) is 13.3 Å². The fraction of sp³-hybridized carbons (Fsp3) is 0.250. The number of primary sulfonamides is 1. The quantitative estimate of drug-likeness (QED) is 0.601. The summed E-state index contributed by atoms with van der Waals surface area (Å²) in [5.74, 6) is 0. The van der Waals surface area contributed by atoms with Crippen molar-refractivity contribution in [3.05, 3.63) is 33.4 Å². The molecule has 0 spiro atoms. The highest BCUT2D eigenvalue weighted by Crippen LogP contribution is 2.28. The Hall–Kier alpha value is -1.47. The van der Waals surface area contributed by atoms with Gasteiger partial charge < -0.3 is 0 Å². The van der Waals surface area contributed by atoms with Crippen LogP contribution in [0.25, 0.3) is 0 Å². The van der Waals surface area contributed by atoms with E-state index in [2.05, 4.69) is 0 Å². The summed E-state index contributed by atoms with van der Waals surface area (Å²) in [6, 6.07) is 2.64. The Morgan fingerprint density at radius 3 is 2.27 bits per heavy atom. The van der Waals surface area contributed by atoms with Gasteiger partial charge in [0.05, 0.1) is 4.92 Å². The van der Waals surface area contributed by atoms with Crippen molar-refractivity contribution in [1.29, 1.82) is 0 Å². The van der Waals surface area contributed by atoms with E-state index in [9.17, 15) is 18.5 Å². The van der Waals surface area contributed by atoms with Crippen LogP contribution < -0.4 is 5.14 Å². The van der Waals surface area contributed by atoms with Gasteiger partial charge in [-0.05, 0) is 25.5 Å². The van der Waals surface area contributed by atoms with E-state index in [0.29, 0.717) is 11.1 Å². The fourth-order valence-electron chi connectivity index (χ4n) is 1.23. The standard InChI is InChI=1S/C8H10N2O4S/c1-5-3-4-7(15(9,13)14)8(6(5)2)10(11)12/h3-4H,1-2H3,(H2,9,13,14). The normalized spacial score (nSPS) is 11.4. The molecule has 0 fully saturated rings. The first-order valence-electron chi connectivity index (χ1n) is 4.02. The predicted octanol–water partition coefficient (Wildman–Crippen LogP) is 0.859. The van der Waals surface area contributed by atoms with Gasteiger partial charge >= 0.3 is 0 Å². The first kappa shape index (κ1) is 11.6. The van der Waals surface area contributed by atoms with Crippen LogP contribution in [0.1, 0.15) is 11.1 Å². The number of hydrogen-bond acceptors (Lipinski definition) is 4. The molecular weight excluding hydrogens is 220 g/mol. The summed E-state index contributed by atoms with van der Waals surface area (Å²) in [7, 11) is -4.06. The lowest BCUT2D eigenvalue weighted by atomic mass is 10.1. The molecule has 0 unspecified atom stereocenters. The van der Waals surface area contributed by atoms with Crippen molar-refractivity contribution < 1.29 is 13.3 Å². The van der Waals surface area contributed by atoms with Crippen molar-refractivity contribution in [2.24, 2.45) is 5.14 Å². The Kier molecular flexibility index (Phi) is 2.78. The maximum Gasteiger partial charge on any atom is 0.292 e. The van der Waals surface area contributed by atoms with Gasteiger partial charge in [0.1, 0.15) is 0 Å². The summed E-state index contributed by atoms with van der Waals surface area (Å²) < 4.78 is 22.2. The first-order valence-corrected chi connectivity index (χ1v) is 5.57. The Balaban J connectivity index is 3.70. The molecule has 82 valence electrons. The average Bonchev–Trinajstić information content (AvgIpc) is 2.06. The third-order valence-electron chi connectivity index (χ3n) is 2.15. The van der Waals surface area contributed by atoms with Crippen LogP contribution in [0, 0.1) is 24.0 Å². The van der Waals surface area contributed by atoms with Crippen LogP contribution in [0.15, 0.2) is 17.0 Å². The van der Waals surface area contributed by atoms with Crippen LogP contribution in [0.5, 0.6) is 0 Å². The van der Waals surface area contributed by atoms with Crippen LogP contribution in [0.4, 0.5) is 5.69 Å². The van der Waals surface area contributed by atoms with E-state index in [4.69, 9.17) is 5.14 Å². The summed E-state index contributed by atoms with van der Waals surface area (Å²) in [5.41, 5.74) is 0.512. The number of hydrogen-bond donors (Lipinski definition) is 1. The second kappa shape index (κ2) is 3.59. The third-order valence-corrected chi connectivity index (χ3v) is 3.10. The van der Waals surface area contributed by atoms with Crippen LogP contribution >= 0.6 is 0 Å². The summed E-state index contributed by atoms with van der Waals surface area (Å²) in [6.07, 6.45) is 0. The molecule has 6 nitrogen and oxygen atoms in total. The Morgan fingerprint density at radius 2 is 1.87 bits per heavy atom. The van der Waals surface area contributed by atoms with Crippen LogP contribution in [-0.2, 0) is 10.0 Å². The second-order valence-electron chi connectivity index (χ2n) is 3.16. The Labute approximate surface area is 86.9 Å². The van der Waals surface area contributed by atoms with Crippen molar-refractivity contribution in [3.63, 3.8) is 0 Å². The molecule has 0 aliphatic heterocycles. The van der Waals surface area contributed by atoms with Crippen molar-refractivity contribution in [1.82, 2.24) is 0 Å².